The van der Waals surface area contributed by atoms with Gasteiger partial charge < -0.3 is 31.2 Å². The number of hydrogen-bond acceptors (Lipinski definition) is 10. The summed E-state index contributed by atoms with van der Waals surface area (Å²) >= 11 is 0. The second kappa shape index (κ2) is 37.3. The highest BCUT2D eigenvalue weighted by Crippen LogP contribution is 2.28. The van der Waals surface area contributed by atoms with Gasteiger partial charge in [-0.2, -0.15) is 0 Å². The smallest absolute Gasteiger partial charge is 0.407 e. The maximum atomic E-state index is 11.5. The van der Waals surface area contributed by atoms with E-state index in [0.717, 1.165) is 42.9 Å². The lowest BCUT2D eigenvalue weighted by Gasteiger charge is -2.13. The first-order chi connectivity index (χ1) is 21.5. The van der Waals surface area contributed by atoms with Crippen LogP contribution >= 0.6 is 43.2 Å². The van der Waals surface area contributed by atoms with Gasteiger partial charge in [0.2, 0.25) is 0 Å². The molecule has 0 aromatic heterocycles. The molecule has 2 amide bonds. The first kappa shape index (κ1) is 46.0. The van der Waals surface area contributed by atoms with Gasteiger partial charge in [-0.25, -0.2) is 9.59 Å². The zero-order valence-corrected chi connectivity index (χ0v) is 32.2. The van der Waals surface area contributed by atoms with Crippen molar-refractivity contribution in [3.8, 4) is 0 Å². The molecule has 0 aliphatic carbocycles. The third kappa shape index (κ3) is 33.2. The van der Waals surface area contributed by atoms with Crippen molar-refractivity contribution in [2.75, 3.05) is 62.4 Å². The number of carbonyl (C=O) groups excluding carboxylic acids is 2. The van der Waals surface area contributed by atoms with E-state index in [0.29, 0.717) is 13.2 Å². The number of amides is 2. The number of carbonyl (C=O) groups is 2. The maximum Gasteiger partial charge on any atom is 0.407 e. The van der Waals surface area contributed by atoms with E-state index in [2.05, 4.69) is 48.4 Å². The van der Waals surface area contributed by atoms with E-state index in [-0.39, 0.29) is 15.0 Å². The first-order valence-corrected chi connectivity index (χ1v) is 22.2. The van der Waals surface area contributed by atoms with E-state index >= 15 is 0 Å². The van der Waals surface area contributed by atoms with Crippen molar-refractivity contribution >= 4 is 55.4 Å². The molecular weight excluding hydrogens is 633 g/mol. The maximum absolute atomic E-state index is 11.5. The summed E-state index contributed by atoms with van der Waals surface area (Å²) in [5.41, 5.74) is 4.85. The molecule has 0 aromatic rings. The standard InChI is InChI=1S/C15H30N2O2S2.C11H23NO2S2.C4H9N.C2H6.2H2/c1-3-5-6-13(4-2)12-21-20-10-9-19-15(18)17-14-7-8-16-11-14;1-3-5-6-10(4-2)9-16-15-8-7-14-11(12)13;1-2-4-5-3-1;1-2;;/h13-14,16H,3-12H2,1-2H3,(H,17,18);10H,3-9H2,1-2H3,(H2,12,13);5H,1-4H2;1-2H3;2*1H/t13?,14-;;;;;/m0...../s1. The number of unbranched alkanes of at least 4 members (excludes halogenated alkanes) is 2. The average Bonchev–Trinajstić information content (AvgIpc) is 3.79. The SMILES string of the molecule is C1CCNC1.CC.CCCCC(CC)CSSCCOC(=O)N[C@H]1CCNC1.CCCCC(CC)CSSCCOC(N)=O.[HH].[HH]. The minimum absolute atomic E-state index is 0. The number of ether oxygens (including phenoxy) is 2. The minimum atomic E-state index is -0.681. The minimum Gasteiger partial charge on any atom is -0.449 e. The summed E-state index contributed by atoms with van der Waals surface area (Å²) in [4.78, 5) is 21.8. The molecule has 0 aromatic carbocycles. The Kier molecular flexibility index (Phi) is 39.0. The zero-order chi connectivity index (χ0) is 33.1. The molecule has 2 unspecified atom stereocenters. The fourth-order valence-corrected chi connectivity index (χ4v) is 8.93. The summed E-state index contributed by atoms with van der Waals surface area (Å²) in [5.74, 6) is 5.75. The lowest BCUT2D eigenvalue weighted by atomic mass is 10.0. The number of rotatable bonds is 21. The van der Waals surface area contributed by atoms with Crippen molar-refractivity contribution in [3.63, 3.8) is 0 Å². The van der Waals surface area contributed by atoms with Crippen LogP contribution < -0.4 is 21.7 Å². The van der Waals surface area contributed by atoms with E-state index < -0.39 is 6.09 Å². The molecule has 0 bridgehead atoms. The summed E-state index contributed by atoms with van der Waals surface area (Å²) < 4.78 is 9.84. The van der Waals surface area contributed by atoms with Gasteiger partial charge in [0.05, 0.1) is 0 Å². The van der Waals surface area contributed by atoms with Crippen molar-refractivity contribution in [3.05, 3.63) is 0 Å². The zero-order valence-electron chi connectivity index (χ0n) is 28.9. The molecule has 8 nitrogen and oxygen atoms in total. The van der Waals surface area contributed by atoms with Crippen LogP contribution in [0.25, 0.3) is 0 Å². The van der Waals surface area contributed by atoms with Gasteiger partial charge in [0.15, 0.2) is 0 Å². The largest absolute Gasteiger partial charge is 0.449 e. The quantitative estimate of drug-likeness (QED) is 0.0681. The predicted octanol–water partition coefficient (Wildman–Crippen LogP) is 9.24. The molecule has 2 heterocycles. The number of nitrogens with two attached hydrogens (primary N) is 1. The summed E-state index contributed by atoms with van der Waals surface area (Å²) in [6, 6.07) is 0.239. The second-order valence-electron chi connectivity index (χ2n) is 10.6. The molecule has 2 rings (SSSR count). The Morgan fingerprint density at radius 2 is 1.34 bits per heavy atom. The van der Waals surface area contributed by atoms with E-state index in [4.69, 9.17) is 10.5 Å². The lowest BCUT2D eigenvalue weighted by Crippen LogP contribution is -2.36. The van der Waals surface area contributed by atoms with Gasteiger partial charge in [-0.3, -0.25) is 0 Å². The Morgan fingerprint density at radius 1 is 0.818 bits per heavy atom. The molecule has 2 aliphatic rings. The van der Waals surface area contributed by atoms with Crippen LogP contribution in [0.1, 0.15) is 115 Å². The Bertz CT molecular complexity index is 621. The molecule has 5 N–H and O–H groups in total. The Balaban J connectivity index is -0.000000312. The molecule has 2 fully saturated rings. The predicted molar refractivity (Wildman–Crippen MR) is 205 cm³/mol. The van der Waals surface area contributed by atoms with Gasteiger partial charge in [-0.15, -0.1) is 0 Å². The third-order valence-electron chi connectivity index (χ3n) is 7.01. The second-order valence-corrected chi connectivity index (χ2v) is 15.9. The number of alkyl carbamates (subject to hydrolysis) is 1. The monoisotopic (exact) mass is 704 g/mol. The fraction of sp³-hybridized carbons (Fsp3) is 0.938. The molecule has 0 radical (unpaired) electrons. The number of nitrogens with one attached hydrogen (secondary N) is 3. The average molecular weight is 705 g/mol. The Morgan fingerprint density at radius 3 is 1.73 bits per heavy atom. The van der Waals surface area contributed by atoms with Crippen molar-refractivity contribution < 1.29 is 21.9 Å². The Labute approximate surface area is 290 Å². The molecule has 0 spiro atoms. The van der Waals surface area contributed by atoms with E-state index in [9.17, 15) is 9.59 Å². The molecule has 2 aliphatic heterocycles. The van der Waals surface area contributed by atoms with Crippen LogP contribution in [-0.4, -0.2) is 80.6 Å². The van der Waals surface area contributed by atoms with Gasteiger partial charge in [-0.1, -0.05) is 123 Å². The molecule has 3 atom stereocenters. The van der Waals surface area contributed by atoms with Crippen molar-refractivity contribution in [2.45, 2.75) is 118 Å². The molecule has 268 valence electrons. The van der Waals surface area contributed by atoms with Crippen LogP contribution in [0.2, 0.25) is 0 Å². The number of hydrogen-bond donors (Lipinski definition) is 4. The molecule has 12 heteroatoms. The van der Waals surface area contributed by atoms with E-state index in [1.54, 1.807) is 10.8 Å². The number of primary amides is 1. The van der Waals surface area contributed by atoms with Crippen LogP contribution in [0.15, 0.2) is 0 Å². The van der Waals surface area contributed by atoms with Crippen molar-refractivity contribution in [2.24, 2.45) is 17.6 Å². The molecular formula is C32H72N4O4S4. The summed E-state index contributed by atoms with van der Waals surface area (Å²) in [7, 11) is 7.36. The fourth-order valence-electron chi connectivity index (χ4n) is 4.16. The van der Waals surface area contributed by atoms with Crippen LogP contribution in [0.4, 0.5) is 9.59 Å². The summed E-state index contributed by atoms with van der Waals surface area (Å²) in [6.45, 7) is 18.3. The van der Waals surface area contributed by atoms with Crippen LogP contribution in [0, 0.1) is 11.8 Å². The highest BCUT2D eigenvalue weighted by atomic mass is 33.1. The summed E-state index contributed by atoms with van der Waals surface area (Å²) in [5, 5.41) is 9.32. The lowest BCUT2D eigenvalue weighted by molar-refractivity contribution is 0.150. The highest BCUT2D eigenvalue weighted by molar-refractivity contribution is 8.77. The topological polar surface area (TPSA) is 115 Å². The van der Waals surface area contributed by atoms with Gasteiger partial charge in [0.25, 0.3) is 0 Å². The van der Waals surface area contributed by atoms with Crippen LogP contribution in [0.3, 0.4) is 0 Å². The Hall–Kier alpha value is -0.140. The van der Waals surface area contributed by atoms with Gasteiger partial charge in [0, 0.05) is 38.5 Å². The van der Waals surface area contributed by atoms with E-state index in [1.165, 1.54) is 88.8 Å². The van der Waals surface area contributed by atoms with Crippen molar-refractivity contribution in [1.82, 2.24) is 16.0 Å². The van der Waals surface area contributed by atoms with Gasteiger partial charge >= 0.3 is 12.2 Å². The summed E-state index contributed by atoms with van der Waals surface area (Å²) in [6.07, 6.45) is 13.2. The first-order valence-electron chi connectivity index (χ1n) is 17.2. The molecule has 44 heavy (non-hydrogen) atoms. The third-order valence-corrected chi connectivity index (χ3v) is 12.0. The highest BCUT2D eigenvalue weighted by Gasteiger charge is 2.17. The van der Waals surface area contributed by atoms with Gasteiger partial charge in [0.1, 0.15) is 13.2 Å². The molecule has 0 saturated carbocycles. The van der Waals surface area contributed by atoms with Crippen LogP contribution in [0.5, 0.6) is 0 Å². The molecule has 2 saturated heterocycles. The van der Waals surface area contributed by atoms with E-state index in [1.807, 2.05) is 46.2 Å². The van der Waals surface area contributed by atoms with Gasteiger partial charge in [-0.05, 0) is 63.6 Å². The van der Waals surface area contributed by atoms with Crippen LogP contribution in [-0.2, 0) is 9.47 Å². The van der Waals surface area contributed by atoms with Crippen molar-refractivity contribution in [1.29, 1.82) is 0 Å². The normalized spacial score (nSPS) is 16.6.